The Morgan fingerprint density at radius 2 is 1.87 bits per heavy atom. The van der Waals surface area contributed by atoms with Crippen molar-refractivity contribution in [3.63, 3.8) is 0 Å². The van der Waals surface area contributed by atoms with Crippen LogP contribution in [0.1, 0.15) is 48.3 Å². The van der Waals surface area contributed by atoms with Crippen molar-refractivity contribution in [1.29, 1.82) is 0 Å². The molecule has 0 aliphatic carbocycles. The summed E-state index contributed by atoms with van der Waals surface area (Å²) in [6, 6.07) is 3.87. The van der Waals surface area contributed by atoms with E-state index in [1.807, 2.05) is 0 Å². The second-order valence-corrected chi connectivity index (χ2v) is 9.00. The van der Waals surface area contributed by atoms with Crippen LogP contribution in [0.2, 0.25) is 0 Å². The number of carbonyl (C=O) groups excluding carboxylic acids is 2. The van der Waals surface area contributed by atoms with Crippen molar-refractivity contribution in [2.24, 2.45) is 5.73 Å². The monoisotopic (exact) mass is 535 g/mol. The highest BCUT2D eigenvalue weighted by atomic mass is 19.4. The van der Waals surface area contributed by atoms with Crippen LogP contribution in [-0.2, 0) is 15.7 Å². The molecule has 0 bridgehead atoms. The van der Waals surface area contributed by atoms with Crippen LogP contribution in [0.5, 0.6) is 5.75 Å². The number of benzene rings is 1. The number of ether oxygens (including phenoxy) is 2. The fraction of sp³-hybridized carbons (Fsp3) is 0.440. The number of nitrogens with one attached hydrogen (secondary N) is 1. The number of halogens is 3. The first-order valence-electron chi connectivity index (χ1n) is 12.0. The van der Waals surface area contributed by atoms with Crippen LogP contribution in [-0.4, -0.2) is 66.1 Å². The summed E-state index contributed by atoms with van der Waals surface area (Å²) in [6.45, 7) is 5.24. The summed E-state index contributed by atoms with van der Waals surface area (Å²) >= 11 is 0. The number of methoxy groups -OCH3 is 1. The maximum atomic E-state index is 13.3. The number of aromatic nitrogens is 2. The Morgan fingerprint density at radius 3 is 2.50 bits per heavy atom. The number of amides is 2. The van der Waals surface area contributed by atoms with E-state index in [1.54, 1.807) is 24.8 Å². The lowest BCUT2D eigenvalue weighted by molar-refractivity contribution is -0.141. The number of nitrogens with two attached hydrogens (primary N) is 1. The SMILES string of the molecule is COc1ccc(-c2nc(C(=O)N[C@H](C)CC(=O)N3CCOCC3)c([C@H](C)N)o2)c2ccc(C(F)(F)F)nc12. The maximum absolute atomic E-state index is 13.3. The van der Waals surface area contributed by atoms with Gasteiger partial charge in [-0.05, 0) is 38.1 Å². The molecule has 204 valence electrons. The molecule has 1 aromatic carbocycles. The number of fused-ring (bicyclic) bond motifs is 1. The predicted molar refractivity (Wildman–Crippen MR) is 130 cm³/mol. The van der Waals surface area contributed by atoms with Gasteiger partial charge in [0.05, 0.1) is 26.4 Å². The van der Waals surface area contributed by atoms with Crippen LogP contribution in [0.25, 0.3) is 22.4 Å². The van der Waals surface area contributed by atoms with E-state index in [-0.39, 0.29) is 46.3 Å². The highest BCUT2D eigenvalue weighted by Gasteiger charge is 2.33. The average molecular weight is 536 g/mol. The number of pyridine rings is 1. The van der Waals surface area contributed by atoms with Crippen LogP contribution in [0.3, 0.4) is 0 Å². The van der Waals surface area contributed by atoms with Gasteiger partial charge in [0.25, 0.3) is 5.91 Å². The molecule has 13 heteroatoms. The van der Waals surface area contributed by atoms with Crippen LogP contribution in [0.15, 0.2) is 28.7 Å². The van der Waals surface area contributed by atoms with Gasteiger partial charge in [0.15, 0.2) is 11.5 Å². The minimum absolute atomic E-state index is 0.0197. The molecule has 1 aliphatic heterocycles. The summed E-state index contributed by atoms with van der Waals surface area (Å²) in [5, 5.41) is 3.04. The molecule has 38 heavy (non-hydrogen) atoms. The van der Waals surface area contributed by atoms with Gasteiger partial charge in [-0.15, -0.1) is 0 Å². The number of morpholine rings is 1. The second kappa shape index (κ2) is 11.0. The molecule has 2 amide bonds. The third kappa shape index (κ3) is 5.73. The fourth-order valence-electron chi connectivity index (χ4n) is 4.17. The van der Waals surface area contributed by atoms with Crippen molar-refractivity contribution in [2.45, 2.75) is 38.5 Å². The first-order valence-corrected chi connectivity index (χ1v) is 12.0. The van der Waals surface area contributed by atoms with E-state index in [4.69, 9.17) is 19.6 Å². The molecule has 0 unspecified atom stereocenters. The molecule has 3 N–H and O–H groups in total. The summed E-state index contributed by atoms with van der Waals surface area (Å²) in [7, 11) is 1.32. The third-order valence-corrected chi connectivity index (χ3v) is 6.07. The molecule has 0 saturated carbocycles. The lowest BCUT2D eigenvalue weighted by Gasteiger charge is -2.28. The van der Waals surface area contributed by atoms with Gasteiger partial charge in [0.2, 0.25) is 11.8 Å². The predicted octanol–water partition coefficient (Wildman–Crippen LogP) is 3.30. The molecule has 1 aliphatic rings. The quantitative estimate of drug-likeness (QED) is 0.471. The zero-order chi connectivity index (χ0) is 27.6. The normalized spacial score (nSPS) is 15.8. The summed E-state index contributed by atoms with van der Waals surface area (Å²) < 4.78 is 56.1. The number of rotatable bonds is 7. The molecule has 1 saturated heterocycles. The minimum atomic E-state index is -4.65. The molecule has 2 atom stereocenters. The van der Waals surface area contributed by atoms with Crippen LogP contribution in [0, 0.1) is 0 Å². The van der Waals surface area contributed by atoms with Gasteiger partial charge in [0, 0.05) is 36.5 Å². The molecule has 3 aromatic rings. The smallest absolute Gasteiger partial charge is 0.433 e. The van der Waals surface area contributed by atoms with Crippen molar-refractivity contribution in [1.82, 2.24) is 20.2 Å². The third-order valence-electron chi connectivity index (χ3n) is 6.07. The van der Waals surface area contributed by atoms with Gasteiger partial charge in [-0.3, -0.25) is 9.59 Å². The Kier molecular flexibility index (Phi) is 7.88. The number of nitrogens with zero attached hydrogens (tertiary/aromatic N) is 3. The molecule has 0 radical (unpaired) electrons. The Bertz CT molecular complexity index is 1330. The molecule has 3 heterocycles. The lowest BCUT2D eigenvalue weighted by Crippen LogP contribution is -2.44. The van der Waals surface area contributed by atoms with Crippen molar-refractivity contribution < 1.29 is 36.7 Å². The van der Waals surface area contributed by atoms with Gasteiger partial charge in [0.1, 0.15) is 17.0 Å². The Balaban J connectivity index is 1.63. The number of hydrogen-bond acceptors (Lipinski definition) is 8. The van der Waals surface area contributed by atoms with E-state index in [9.17, 15) is 22.8 Å². The Labute approximate surface area is 216 Å². The van der Waals surface area contributed by atoms with Crippen molar-refractivity contribution in [3.8, 4) is 17.2 Å². The number of hydrogen-bond donors (Lipinski definition) is 2. The second-order valence-electron chi connectivity index (χ2n) is 9.00. The van der Waals surface area contributed by atoms with Gasteiger partial charge in [-0.25, -0.2) is 9.97 Å². The Hall–Kier alpha value is -3.71. The molecule has 4 rings (SSSR count). The highest BCUT2D eigenvalue weighted by molar-refractivity contribution is 5.98. The number of alkyl halides is 3. The first-order chi connectivity index (χ1) is 18.0. The van der Waals surface area contributed by atoms with Crippen molar-refractivity contribution in [2.75, 3.05) is 33.4 Å². The Morgan fingerprint density at radius 1 is 1.16 bits per heavy atom. The van der Waals surface area contributed by atoms with Gasteiger partial charge < -0.3 is 29.8 Å². The standard InChI is InChI=1S/C25H28F3N5O5/c1-13(12-19(34)33-8-10-37-11-9-33)30-23(35)21-22(14(2)29)38-24(32-21)16-4-6-17(36-3)20-15(16)5-7-18(31-20)25(26,27)28/h4-7,13-14H,8-12,29H2,1-3H3,(H,30,35)/t13-,14+/m1/s1. The average Bonchev–Trinajstić information content (AvgIpc) is 3.33. The molecular formula is C25H28F3N5O5. The van der Waals surface area contributed by atoms with Crippen LogP contribution < -0.4 is 15.8 Å². The fourth-order valence-corrected chi connectivity index (χ4v) is 4.17. The van der Waals surface area contributed by atoms with E-state index < -0.39 is 29.9 Å². The summed E-state index contributed by atoms with van der Waals surface area (Å²) in [5.74, 6) is -0.498. The van der Waals surface area contributed by atoms with Crippen molar-refractivity contribution >= 4 is 22.7 Å². The van der Waals surface area contributed by atoms with E-state index in [0.29, 0.717) is 31.9 Å². The van der Waals surface area contributed by atoms with Gasteiger partial charge >= 0.3 is 6.18 Å². The van der Waals surface area contributed by atoms with E-state index in [0.717, 1.165) is 6.07 Å². The minimum Gasteiger partial charge on any atom is -0.494 e. The molecule has 0 spiro atoms. The first kappa shape index (κ1) is 27.3. The molecule has 10 nitrogen and oxygen atoms in total. The molecule has 2 aromatic heterocycles. The number of oxazole rings is 1. The van der Waals surface area contributed by atoms with E-state index in [1.165, 1.54) is 19.2 Å². The van der Waals surface area contributed by atoms with Crippen LogP contribution in [0.4, 0.5) is 13.2 Å². The summed E-state index contributed by atoms with van der Waals surface area (Å²) in [4.78, 5) is 35.4. The number of carbonyl (C=O) groups is 2. The van der Waals surface area contributed by atoms with Gasteiger partial charge in [-0.1, -0.05) is 0 Å². The zero-order valence-electron chi connectivity index (χ0n) is 21.1. The molecule has 1 fully saturated rings. The lowest BCUT2D eigenvalue weighted by atomic mass is 10.1. The maximum Gasteiger partial charge on any atom is 0.433 e. The topological polar surface area (TPSA) is 133 Å². The van der Waals surface area contributed by atoms with Gasteiger partial charge in [-0.2, -0.15) is 13.2 Å². The largest absolute Gasteiger partial charge is 0.494 e. The van der Waals surface area contributed by atoms with Crippen LogP contribution >= 0.6 is 0 Å². The van der Waals surface area contributed by atoms with Crippen molar-refractivity contribution in [3.05, 3.63) is 41.4 Å². The highest BCUT2D eigenvalue weighted by Crippen LogP contribution is 2.37. The zero-order valence-corrected chi connectivity index (χ0v) is 21.1. The molecular weight excluding hydrogens is 507 g/mol. The summed E-state index contributed by atoms with van der Waals surface area (Å²) in [5.41, 5.74) is 5.14. The van der Waals surface area contributed by atoms with E-state index in [2.05, 4.69) is 15.3 Å². The van der Waals surface area contributed by atoms with E-state index >= 15 is 0 Å². The summed E-state index contributed by atoms with van der Waals surface area (Å²) in [6.07, 6.45) is -4.56.